The molecule has 1 aliphatic rings. The number of sulfonamides is 1. The number of amides is 2. The van der Waals surface area contributed by atoms with Gasteiger partial charge in [0, 0.05) is 30.9 Å². The number of fused-ring (bicyclic) bond motifs is 1. The molecule has 11 heteroatoms. The summed E-state index contributed by atoms with van der Waals surface area (Å²) in [7, 11) is -4.21. The first-order valence-electron chi connectivity index (χ1n) is 14.5. The van der Waals surface area contributed by atoms with Crippen molar-refractivity contribution in [3.05, 3.63) is 138 Å². The molecule has 2 amide bonds. The number of ether oxygens (including phenoxy) is 1. The van der Waals surface area contributed by atoms with Crippen LogP contribution in [0, 0.1) is 0 Å². The number of piperazine rings is 1. The van der Waals surface area contributed by atoms with Crippen LogP contribution in [0.5, 0.6) is 0 Å². The molecule has 6 rings (SSSR count). The number of rotatable bonds is 8. The van der Waals surface area contributed by atoms with Crippen LogP contribution in [-0.4, -0.2) is 65.5 Å². The van der Waals surface area contributed by atoms with Crippen molar-refractivity contribution in [1.29, 1.82) is 0 Å². The molecule has 1 aliphatic heterocycles. The number of carbonyl (C=O) groups excluding carboxylic acids is 2. The molecule has 2 aromatic heterocycles. The molecule has 1 saturated heterocycles. The van der Waals surface area contributed by atoms with Gasteiger partial charge in [-0.1, -0.05) is 84.9 Å². The number of para-hydroxylation sites is 1. The lowest BCUT2D eigenvalue weighted by Crippen LogP contribution is -2.59. The molecule has 0 aliphatic carbocycles. The average molecular weight is 622 g/mol. The molecule has 45 heavy (non-hydrogen) atoms. The van der Waals surface area contributed by atoms with E-state index >= 15 is 0 Å². The summed E-state index contributed by atoms with van der Waals surface area (Å²) in [4.78, 5) is 37.4. The topological polar surface area (TPSA) is 122 Å². The zero-order valence-electron chi connectivity index (χ0n) is 24.3. The molecule has 0 saturated carbocycles. The van der Waals surface area contributed by atoms with Crippen molar-refractivity contribution in [1.82, 2.24) is 24.5 Å². The highest BCUT2D eigenvalue weighted by Crippen LogP contribution is 2.31. The molecule has 3 aromatic carbocycles. The Morgan fingerprint density at radius 2 is 1.47 bits per heavy atom. The standard InChI is InChI=1S/C34H31N5O5S/c40-33(31(25-11-3-1-4-12-25)26-13-5-2-6-14-26)38-21-22-39(30(24-38)44-34(41)37-23-28-17-7-8-19-35-28)45(42,43)29-18-9-15-27-16-10-20-36-32(27)29/h1-20,30-31H,21-24H2,(H,37,41). The number of pyridine rings is 2. The van der Waals surface area contributed by atoms with Gasteiger partial charge in [-0.25, -0.2) is 13.2 Å². The Bertz CT molecular complexity index is 1850. The smallest absolute Gasteiger partial charge is 0.409 e. The number of hydrogen-bond donors (Lipinski definition) is 1. The monoisotopic (exact) mass is 621 g/mol. The number of hydrogen-bond acceptors (Lipinski definition) is 7. The number of benzene rings is 3. The van der Waals surface area contributed by atoms with E-state index in [9.17, 15) is 18.0 Å². The number of carbonyl (C=O) groups is 2. The van der Waals surface area contributed by atoms with Gasteiger partial charge in [0.25, 0.3) is 0 Å². The van der Waals surface area contributed by atoms with Crippen LogP contribution in [0.2, 0.25) is 0 Å². The molecule has 1 fully saturated rings. The lowest BCUT2D eigenvalue weighted by molar-refractivity contribution is -0.137. The van der Waals surface area contributed by atoms with Crippen molar-refractivity contribution in [2.75, 3.05) is 19.6 Å². The van der Waals surface area contributed by atoms with Crippen molar-refractivity contribution < 1.29 is 22.7 Å². The van der Waals surface area contributed by atoms with Gasteiger partial charge in [-0.05, 0) is 35.4 Å². The predicted molar refractivity (Wildman–Crippen MR) is 168 cm³/mol. The highest BCUT2D eigenvalue weighted by atomic mass is 32.2. The summed E-state index contributed by atoms with van der Waals surface area (Å²) >= 11 is 0. The molecule has 1 atom stereocenters. The van der Waals surface area contributed by atoms with Crippen molar-refractivity contribution in [3.8, 4) is 0 Å². The first kappa shape index (κ1) is 29.9. The highest BCUT2D eigenvalue weighted by Gasteiger charge is 2.42. The van der Waals surface area contributed by atoms with E-state index < -0.39 is 28.3 Å². The Balaban J connectivity index is 1.31. The van der Waals surface area contributed by atoms with E-state index in [1.54, 1.807) is 53.6 Å². The van der Waals surface area contributed by atoms with Crippen molar-refractivity contribution in [2.24, 2.45) is 0 Å². The lowest BCUT2D eigenvalue weighted by Gasteiger charge is -2.40. The summed E-state index contributed by atoms with van der Waals surface area (Å²) in [5.74, 6) is -0.852. The van der Waals surface area contributed by atoms with Crippen molar-refractivity contribution in [3.63, 3.8) is 0 Å². The third-order valence-corrected chi connectivity index (χ3v) is 9.60. The van der Waals surface area contributed by atoms with Gasteiger partial charge in [-0.2, -0.15) is 4.31 Å². The van der Waals surface area contributed by atoms with E-state index in [0.717, 1.165) is 15.4 Å². The fraction of sp³-hybridized carbons (Fsp3) is 0.176. The fourth-order valence-corrected chi connectivity index (χ4v) is 7.16. The van der Waals surface area contributed by atoms with E-state index in [4.69, 9.17) is 4.74 Å². The highest BCUT2D eigenvalue weighted by molar-refractivity contribution is 7.89. The average Bonchev–Trinajstić information content (AvgIpc) is 3.08. The van der Waals surface area contributed by atoms with Crippen LogP contribution in [0.4, 0.5) is 4.79 Å². The first-order valence-corrected chi connectivity index (χ1v) is 15.9. The normalized spacial score (nSPS) is 15.6. The van der Waals surface area contributed by atoms with E-state index in [1.165, 1.54) is 12.3 Å². The quantitative estimate of drug-likeness (QED) is 0.270. The van der Waals surface area contributed by atoms with Gasteiger partial charge < -0.3 is 15.0 Å². The molecule has 228 valence electrons. The summed E-state index contributed by atoms with van der Waals surface area (Å²) in [6.07, 6.45) is 1.00. The van der Waals surface area contributed by atoms with E-state index in [2.05, 4.69) is 15.3 Å². The summed E-state index contributed by atoms with van der Waals surface area (Å²) in [6.45, 7) is -0.0732. The van der Waals surface area contributed by atoms with E-state index in [-0.39, 0.29) is 37.0 Å². The zero-order valence-corrected chi connectivity index (χ0v) is 25.1. The maximum absolute atomic E-state index is 14.2. The van der Waals surface area contributed by atoms with Crippen LogP contribution in [0.25, 0.3) is 10.9 Å². The van der Waals surface area contributed by atoms with Crippen LogP contribution >= 0.6 is 0 Å². The Morgan fingerprint density at radius 1 is 0.800 bits per heavy atom. The van der Waals surface area contributed by atoms with E-state index in [1.807, 2.05) is 60.7 Å². The molecule has 1 N–H and O–H groups in total. The van der Waals surface area contributed by atoms with Gasteiger partial charge >= 0.3 is 6.09 Å². The third kappa shape index (κ3) is 6.54. The summed E-state index contributed by atoms with van der Waals surface area (Å²) in [6, 6.07) is 32.6. The lowest BCUT2D eigenvalue weighted by atomic mass is 9.90. The van der Waals surface area contributed by atoms with Crippen LogP contribution < -0.4 is 5.32 Å². The summed E-state index contributed by atoms with van der Waals surface area (Å²) in [5, 5.41) is 3.30. The van der Waals surface area contributed by atoms with Gasteiger partial charge in [-0.3, -0.25) is 14.8 Å². The number of alkyl carbamates (subject to hydrolysis) is 1. The molecular formula is C34H31N5O5S. The second-order valence-electron chi connectivity index (χ2n) is 10.5. The molecule has 1 unspecified atom stereocenters. The Labute approximate surface area is 261 Å². The number of aromatic nitrogens is 2. The molecule has 5 aromatic rings. The van der Waals surface area contributed by atoms with Gasteiger partial charge in [-0.15, -0.1) is 0 Å². The second kappa shape index (κ2) is 13.2. The fourth-order valence-electron chi connectivity index (χ4n) is 5.50. The minimum absolute atomic E-state index is 0.00526. The Kier molecular flexibility index (Phi) is 8.81. The molecule has 0 spiro atoms. The van der Waals surface area contributed by atoms with Gasteiger partial charge in [0.15, 0.2) is 6.23 Å². The molecule has 10 nitrogen and oxygen atoms in total. The minimum atomic E-state index is -4.21. The van der Waals surface area contributed by atoms with Crippen LogP contribution in [0.3, 0.4) is 0 Å². The van der Waals surface area contributed by atoms with Gasteiger partial charge in [0.05, 0.1) is 30.2 Å². The predicted octanol–water partition coefficient (Wildman–Crippen LogP) is 4.55. The molecule has 0 radical (unpaired) electrons. The molecule has 3 heterocycles. The van der Waals surface area contributed by atoms with Crippen LogP contribution in [-0.2, 0) is 26.1 Å². The second-order valence-corrected chi connectivity index (χ2v) is 12.4. The first-order chi connectivity index (χ1) is 21.9. The van der Waals surface area contributed by atoms with Crippen molar-refractivity contribution >= 4 is 32.9 Å². The summed E-state index contributed by atoms with van der Waals surface area (Å²) in [5.41, 5.74) is 2.52. The maximum Gasteiger partial charge on any atom is 0.409 e. The van der Waals surface area contributed by atoms with Gasteiger partial charge in [0.2, 0.25) is 15.9 Å². The van der Waals surface area contributed by atoms with E-state index in [0.29, 0.717) is 16.6 Å². The van der Waals surface area contributed by atoms with Gasteiger partial charge in [0.1, 0.15) is 4.90 Å². The largest absolute Gasteiger partial charge is 0.427 e. The maximum atomic E-state index is 14.2. The van der Waals surface area contributed by atoms with Crippen molar-refractivity contribution in [2.45, 2.75) is 23.6 Å². The Morgan fingerprint density at radius 3 is 2.16 bits per heavy atom. The third-order valence-electron chi connectivity index (χ3n) is 7.68. The summed E-state index contributed by atoms with van der Waals surface area (Å²) < 4.78 is 35.3. The van der Waals surface area contributed by atoms with Crippen LogP contribution in [0.1, 0.15) is 22.7 Å². The molecule has 0 bridgehead atoms. The van der Waals surface area contributed by atoms with Crippen LogP contribution in [0.15, 0.2) is 126 Å². The number of nitrogens with one attached hydrogen (secondary N) is 1. The number of nitrogens with zero attached hydrogens (tertiary/aromatic N) is 4. The molecular weight excluding hydrogens is 590 g/mol. The Hall–Kier alpha value is -5.13. The SMILES string of the molecule is O=C(NCc1ccccn1)OC1CN(C(=O)C(c2ccccc2)c2ccccc2)CCN1S(=O)(=O)c1cccc2cccnc12. The minimum Gasteiger partial charge on any atom is -0.427 e. The zero-order chi connectivity index (χ0) is 31.2.